The van der Waals surface area contributed by atoms with Gasteiger partial charge in [-0.2, -0.15) is 5.26 Å². The molecule has 0 N–H and O–H groups in total. The molecule has 0 fully saturated rings. The van der Waals surface area contributed by atoms with Crippen molar-refractivity contribution in [2.75, 3.05) is 4.90 Å². The van der Waals surface area contributed by atoms with E-state index in [0.29, 0.717) is 11.1 Å². The zero-order valence-electron chi connectivity index (χ0n) is 19.5. The highest BCUT2D eigenvalue weighted by Crippen LogP contribution is 2.39. The molecule has 168 valence electrons. The van der Waals surface area contributed by atoms with Crippen molar-refractivity contribution in [3.8, 4) is 6.07 Å². The van der Waals surface area contributed by atoms with E-state index in [1.165, 1.54) is 25.7 Å². The number of nitrogens with zero attached hydrogens (tertiary/aromatic N) is 2. The third kappa shape index (κ3) is 4.53. The highest BCUT2D eigenvalue weighted by Gasteiger charge is 2.13. The van der Waals surface area contributed by atoms with Crippen molar-refractivity contribution in [2.45, 2.75) is 6.92 Å². The van der Waals surface area contributed by atoms with Crippen LogP contribution in [0.5, 0.6) is 0 Å². The number of aryl methyl sites for hydroxylation is 1. The second-order valence-electron chi connectivity index (χ2n) is 8.52. The fraction of sp³-hybridized carbons (Fsp3) is 0.0312. The Morgan fingerprint density at radius 1 is 0.829 bits per heavy atom. The molecule has 1 aliphatic heterocycles. The molecule has 2 heterocycles. The molecule has 0 radical (unpaired) electrons. The summed E-state index contributed by atoms with van der Waals surface area (Å²) in [5.74, 6) is 0. The topological polar surface area (TPSA) is 27.0 Å². The van der Waals surface area contributed by atoms with Gasteiger partial charge >= 0.3 is 0 Å². The van der Waals surface area contributed by atoms with Crippen LogP contribution in [0.15, 0.2) is 133 Å². The van der Waals surface area contributed by atoms with E-state index >= 15 is 0 Å². The first-order valence-corrected chi connectivity index (χ1v) is 12.2. The van der Waals surface area contributed by atoms with Crippen molar-refractivity contribution in [3.05, 3.63) is 144 Å². The number of rotatable bonds is 2. The molecule has 0 spiro atoms. The lowest BCUT2D eigenvalue weighted by atomic mass is 10.0. The first-order valence-electron chi connectivity index (χ1n) is 11.4. The second kappa shape index (κ2) is 9.46. The fourth-order valence-corrected chi connectivity index (χ4v) is 5.34. The summed E-state index contributed by atoms with van der Waals surface area (Å²) in [6.07, 6.45) is 11.7. The second-order valence-corrected chi connectivity index (χ2v) is 9.57. The van der Waals surface area contributed by atoms with E-state index in [4.69, 9.17) is 0 Å². The van der Waals surface area contributed by atoms with Gasteiger partial charge in [0.2, 0.25) is 0 Å². The Labute approximate surface area is 210 Å². The molecule has 3 heteroatoms. The highest BCUT2D eigenvalue weighted by atomic mass is 32.1. The molecule has 1 aliphatic rings. The molecule has 0 atom stereocenters. The summed E-state index contributed by atoms with van der Waals surface area (Å²) in [6.45, 7) is 10.4. The summed E-state index contributed by atoms with van der Waals surface area (Å²) in [7, 11) is 0. The molecule has 0 saturated heterocycles. The van der Waals surface area contributed by atoms with Crippen LogP contribution in [-0.4, -0.2) is 0 Å². The van der Waals surface area contributed by atoms with Crippen molar-refractivity contribution in [2.24, 2.45) is 0 Å². The number of anilines is 1. The quantitative estimate of drug-likeness (QED) is 0.294. The van der Waals surface area contributed by atoms with Gasteiger partial charge in [-0.15, -0.1) is 11.3 Å². The molecule has 2 nitrogen and oxygen atoms in total. The summed E-state index contributed by atoms with van der Waals surface area (Å²) >= 11 is 1.81. The zero-order valence-corrected chi connectivity index (χ0v) is 20.3. The molecule has 35 heavy (non-hydrogen) atoms. The summed E-state index contributed by atoms with van der Waals surface area (Å²) in [5.41, 5.74) is 6.40. The smallest absolute Gasteiger partial charge is 0.0992 e. The molecular formula is C32H24N2S. The van der Waals surface area contributed by atoms with Crippen LogP contribution in [0.1, 0.15) is 11.1 Å². The maximum Gasteiger partial charge on any atom is 0.0992 e. The van der Waals surface area contributed by atoms with Gasteiger partial charge in [0.1, 0.15) is 0 Å². The maximum atomic E-state index is 9.66. The van der Waals surface area contributed by atoms with Crippen LogP contribution in [0.25, 0.3) is 25.7 Å². The van der Waals surface area contributed by atoms with Gasteiger partial charge in [0.15, 0.2) is 0 Å². The van der Waals surface area contributed by atoms with Gasteiger partial charge in [0.05, 0.1) is 11.6 Å². The van der Waals surface area contributed by atoms with E-state index in [1.807, 2.05) is 29.7 Å². The number of nitriles is 1. The van der Waals surface area contributed by atoms with Crippen molar-refractivity contribution >= 4 is 42.8 Å². The standard InChI is InChI=1S/C32H24N2S/c1-22-11-15-27(16-12-22)34-18-17-25(20-33)19-24(3)23(2)13-14-26(21-34)28-8-6-9-30-29-7-4-5-10-31(29)35-32(28)30/h4-19,21H,2-3H2,1H3/b14-13-,18-17-,25-19+,26-21+. The molecule has 0 amide bonds. The van der Waals surface area contributed by atoms with E-state index in [0.717, 1.165) is 22.4 Å². The molecule has 0 bridgehead atoms. The van der Waals surface area contributed by atoms with E-state index in [-0.39, 0.29) is 0 Å². The van der Waals surface area contributed by atoms with Gasteiger partial charge in [0.25, 0.3) is 0 Å². The summed E-state index contributed by atoms with van der Waals surface area (Å²) in [6, 6.07) is 25.6. The first-order chi connectivity index (χ1) is 17.0. The Kier molecular flexibility index (Phi) is 6.06. The Morgan fingerprint density at radius 3 is 2.40 bits per heavy atom. The minimum atomic E-state index is 0.519. The van der Waals surface area contributed by atoms with Crippen LogP contribution in [0, 0.1) is 18.3 Å². The minimum absolute atomic E-state index is 0.519. The Morgan fingerprint density at radius 2 is 1.60 bits per heavy atom. The number of allylic oxidation sites excluding steroid dienone is 8. The number of hydrogen-bond acceptors (Lipinski definition) is 3. The molecular weight excluding hydrogens is 444 g/mol. The van der Waals surface area contributed by atoms with Gasteiger partial charge in [-0.3, -0.25) is 0 Å². The Bertz CT molecular complexity index is 1630. The van der Waals surface area contributed by atoms with Crippen LogP contribution in [0.3, 0.4) is 0 Å². The number of hydrogen-bond donors (Lipinski definition) is 0. The lowest BCUT2D eigenvalue weighted by Crippen LogP contribution is -2.08. The third-order valence-electron chi connectivity index (χ3n) is 6.08. The van der Waals surface area contributed by atoms with Gasteiger partial charge < -0.3 is 4.90 Å². The van der Waals surface area contributed by atoms with E-state index in [1.54, 1.807) is 6.08 Å². The van der Waals surface area contributed by atoms with Crippen molar-refractivity contribution in [1.82, 2.24) is 0 Å². The Balaban J connectivity index is 1.75. The average Bonchev–Trinajstić information content (AvgIpc) is 3.25. The predicted octanol–water partition coefficient (Wildman–Crippen LogP) is 8.86. The van der Waals surface area contributed by atoms with Gasteiger partial charge in [-0.05, 0) is 54.0 Å². The van der Waals surface area contributed by atoms with E-state index < -0.39 is 0 Å². The molecule has 4 aromatic rings. The number of benzene rings is 3. The van der Waals surface area contributed by atoms with Crippen molar-refractivity contribution < 1.29 is 0 Å². The van der Waals surface area contributed by atoms with Gasteiger partial charge in [0, 0.05) is 43.8 Å². The Hall–Kier alpha value is -4.39. The van der Waals surface area contributed by atoms with Gasteiger partial charge in [-0.1, -0.05) is 79.4 Å². The number of thiophene rings is 1. The molecule has 1 aromatic heterocycles. The largest absolute Gasteiger partial charge is 0.323 e. The van der Waals surface area contributed by atoms with E-state index in [2.05, 4.69) is 110 Å². The minimum Gasteiger partial charge on any atom is -0.323 e. The molecule has 5 rings (SSSR count). The third-order valence-corrected chi connectivity index (χ3v) is 7.30. The highest BCUT2D eigenvalue weighted by molar-refractivity contribution is 7.26. The number of fused-ring (bicyclic) bond motifs is 3. The van der Waals surface area contributed by atoms with E-state index in [9.17, 15) is 5.26 Å². The average molecular weight is 469 g/mol. The molecule has 0 saturated carbocycles. The van der Waals surface area contributed by atoms with Crippen LogP contribution < -0.4 is 4.90 Å². The lowest BCUT2D eigenvalue weighted by molar-refractivity contribution is 1.27. The van der Waals surface area contributed by atoms with Crippen molar-refractivity contribution in [1.29, 1.82) is 5.26 Å². The molecule has 3 aromatic carbocycles. The maximum absolute atomic E-state index is 9.66. The summed E-state index contributed by atoms with van der Waals surface area (Å²) in [5, 5.41) is 12.2. The predicted molar refractivity (Wildman–Crippen MR) is 151 cm³/mol. The summed E-state index contributed by atoms with van der Waals surface area (Å²) in [4.78, 5) is 2.06. The van der Waals surface area contributed by atoms with Crippen LogP contribution in [0.2, 0.25) is 0 Å². The lowest BCUT2D eigenvalue weighted by Gasteiger charge is -2.18. The van der Waals surface area contributed by atoms with Crippen molar-refractivity contribution in [3.63, 3.8) is 0 Å². The van der Waals surface area contributed by atoms with Crippen LogP contribution in [-0.2, 0) is 0 Å². The first kappa shape index (κ1) is 22.4. The van der Waals surface area contributed by atoms with Crippen LogP contribution >= 0.6 is 11.3 Å². The zero-order chi connectivity index (χ0) is 24.4. The molecule has 0 aliphatic carbocycles. The SMILES string of the molecule is C=C1/C=C\C(c2cccc3c2sc2ccccc23)=C/N(c2ccc(C)cc2)/C=C\C(C#N)=C/C1=C. The monoisotopic (exact) mass is 468 g/mol. The normalized spacial score (nSPS) is 19.4. The fourth-order valence-electron chi connectivity index (χ4n) is 4.10. The van der Waals surface area contributed by atoms with Crippen LogP contribution in [0.4, 0.5) is 5.69 Å². The summed E-state index contributed by atoms with van der Waals surface area (Å²) < 4.78 is 2.51. The van der Waals surface area contributed by atoms with Gasteiger partial charge in [-0.25, -0.2) is 0 Å². The molecule has 0 unspecified atom stereocenters.